The molecular formula is C13H14N2O2S. The van der Waals surface area contributed by atoms with E-state index >= 15 is 0 Å². The summed E-state index contributed by atoms with van der Waals surface area (Å²) in [4.78, 5) is 15.9. The van der Waals surface area contributed by atoms with Crippen molar-refractivity contribution >= 4 is 32.7 Å². The number of aromatic nitrogens is 1. The first-order valence-electron chi connectivity index (χ1n) is 5.86. The van der Waals surface area contributed by atoms with Crippen molar-refractivity contribution in [1.29, 1.82) is 0 Å². The van der Waals surface area contributed by atoms with E-state index in [0.717, 1.165) is 35.0 Å². The van der Waals surface area contributed by atoms with Crippen molar-refractivity contribution in [3.8, 4) is 0 Å². The van der Waals surface area contributed by atoms with E-state index in [0.29, 0.717) is 5.13 Å². The van der Waals surface area contributed by atoms with Crippen LogP contribution < -0.4 is 5.73 Å². The topological polar surface area (TPSA) is 65.2 Å². The zero-order valence-corrected chi connectivity index (χ0v) is 10.9. The van der Waals surface area contributed by atoms with Crippen molar-refractivity contribution in [2.75, 3.05) is 12.8 Å². The van der Waals surface area contributed by atoms with Gasteiger partial charge in [0.1, 0.15) is 0 Å². The Morgan fingerprint density at radius 3 is 3.00 bits per heavy atom. The predicted molar refractivity (Wildman–Crippen MR) is 71.4 cm³/mol. The van der Waals surface area contributed by atoms with Gasteiger partial charge in [-0.2, -0.15) is 0 Å². The Morgan fingerprint density at radius 2 is 2.33 bits per heavy atom. The van der Waals surface area contributed by atoms with Gasteiger partial charge in [-0.05, 0) is 37.0 Å². The number of hydrogen-bond acceptors (Lipinski definition) is 5. The van der Waals surface area contributed by atoms with Crippen molar-refractivity contribution in [1.82, 2.24) is 4.98 Å². The minimum atomic E-state index is -0.279. The molecule has 1 saturated carbocycles. The van der Waals surface area contributed by atoms with E-state index in [1.807, 2.05) is 12.1 Å². The molecule has 5 heteroatoms. The van der Waals surface area contributed by atoms with Crippen LogP contribution in [0.3, 0.4) is 0 Å². The normalized spacial score (nSPS) is 16.7. The molecular weight excluding hydrogens is 248 g/mol. The minimum Gasteiger partial charge on any atom is -0.469 e. The fourth-order valence-electron chi connectivity index (χ4n) is 2.31. The number of benzene rings is 1. The summed E-state index contributed by atoms with van der Waals surface area (Å²) in [6.07, 6.45) is 2.58. The molecule has 0 amide bonds. The number of nitrogens with zero attached hydrogens (tertiary/aromatic N) is 1. The number of carbonyl (C=O) groups is 1. The minimum absolute atomic E-state index is 0.0913. The molecule has 0 bridgehead atoms. The summed E-state index contributed by atoms with van der Waals surface area (Å²) in [7, 11) is 1.45. The maximum Gasteiger partial charge on any atom is 0.312 e. The van der Waals surface area contributed by atoms with E-state index in [-0.39, 0.29) is 11.4 Å². The zero-order chi connectivity index (χ0) is 12.8. The first kappa shape index (κ1) is 11.5. The summed E-state index contributed by atoms with van der Waals surface area (Å²) in [5, 5.41) is 0.580. The first-order valence-corrected chi connectivity index (χ1v) is 6.68. The van der Waals surface area contributed by atoms with Gasteiger partial charge < -0.3 is 10.5 Å². The number of fused-ring (bicyclic) bond motifs is 1. The second-order valence-corrected chi connectivity index (χ2v) is 5.87. The van der Waals surface area contributed by atoms with Gasteiger partial charge in [0.25, 0.3) is 0 Å². The molecule has 94 valence electrons. The van der Waals surface area contributed by atoms with E-state index in [9.17, 15) is 4.79 Å². The van der Waals surface area contributed by atoms with Crippen LogP contribution in [0.1, 0.15) is 18.4 Å². The molecule has 1 heterocycles. The fourth-order valence-corrected chi connectivity index (χ4v) is 3.11. The molecule has 2 N–H and O–H groups in total. The van der Waals surface area contributed by atoms with E-state index in [4.69, 9.17) is 10.5 Å². The van der Waals surface area contributed by atoms with Gasteiger partial charge in [0.15, 0.2) is 5.13 Å². The smallest absolute Gasteiger partial charge is 0.312 e. The number of hydrogen-bond donors (Lipinski definition) is 1. The number of esters is 1. The highest BCUT2D eigenvalue weighted by atomic mass is 32.1. The lowest BCUT2D eigenvalue weighted by molar-refractivity contribution is -0.147. The molecule has 4 nitrogen and oxygen atoms in total. The van der Waals surface area contributed by atoms with Crippen LogP contribution in [0.25, 0.3) is 10.2 Å². The average Bonchev–Trinajstić information content (AvgIpc) is 3.03. The highest BCUT2D eigenvalue weighted by Crippen LogP contribution is 2.49. The van der Waals surface area contributed by atoms with Crippen LogP contribution in [0, 0.1) is 5.41 Å². The van der Waals surface area contributed by atoms with Crippen LogP contribution in [0.15, 0.2) is 18.2 Å². The molecule has 3 rings (SSSR count). The second-order valence-electron chi connectivity index (χ2n) is 4.80. The van der Waals surface area contributed by atoms with E-state index in [1.165, 1.54) is 18.4 Å². The zero-order valence-electron chi connectivity index (χ0n) is 10.1. The van der Waals surface area contributed by atoms with Gasteiger partial charge in [0.2, 0.25) is 0 Å². The second kappa shape index (κ2) is 3.95. The van der Waals surface area contributed by atoms with Crippen molar-refractivity contribution in [2.24, 2.45) is 5.41 Å². The number of anilines is 1. The number of nitrogens with two attached hydrogens (primary N) is 1. The molecule has 0 spiro atoms. The van der Waals surface area contributed by atoms with Crippen LogP contribution in [-0.2, 0) is 16.0 Å². The van der Waals surface area contributed by atoms with Crippen molar-refractivity contribution in [2.45, 2.75) is 19.3 Å². The summed E-state index contributed by atoms with van der Waals surface area (Å²) >= 11 is 1.48. The third-order valence-corrected chi connectivity index (χ3v) is 4.33. The van der Waals surface area contributed by atoms with Gasteiger partial charge in [0, 0.05) is 0 Å². The molecule has 1 fully saturated rings. The fraction of sp³-hybridized carbons (Fsp3) is 0.385. The molecule has 0 aliphatic heterocycles. The van der Waals surface area contributed by atoms with Gasteiger partial charge in [0.05, 0.1) is 22.7 Å². The summed E-state index contributed by atoms with van der Waals surface area (Å²) in [5.74, 6) is -0.0913. The lowest BCUT2D eigenvalue weighted by atomic mass is 9.96. The largest absolute Gasteiger partial charge is 0.469 e. The average molecular weight is 262 g/mol. The van der Waals surface area contributed by atoms with Crippen molar-refractivity contribution in [3.63, 3.8) is 0 Å². The van der Waals surface area contributed by atoms with E-state index < -0.39 is 0 Å². The van der Waals surface area contributed by atoms with Crippen LogP contribution in [0.5, 0.6) is 0 Å². The lowest BCUT2D eigenvalue weighted by Crippen LogP contribution is -2.19. The molecule has 0 atom stereocenters. The number of methoxy groups -OCH3 is 1. The third kappa shape index (κ3) is 1.84. The number of ether oxygens (including phenoxy) is 1. The maximum absolute atomic E-state index is 11.7. The van der Waals surface area contributed by atoms with Gasteiger partial charge in [-0.25, -0.2) is 4.98 Å². The molecule has 0 unspecified atom stereocenters. The maximum atomic E-state index is 11.7. The van der Waals surface area contributed by atoms with Crippen LogP contribution in [-0.4, -0.2) is 18.1 Å². The predicted octanol–water partition coefficient (Wildman–Crippen LogP) is 2.37. The molecule has 1 aliphatic rings. The molecule has 1 aliphatic carbocycles. The Bertz CT molecular complexity index is 616. The molecule has 18 heavy (non-hydrogen) atoms. The third-order valence-electron chi connectivity index (χ3n) is 3.48. The Labute approximate surface area is 109 Å². The Balaban J connectivity index is 1.89. The van der Waals surface area contributed by atoms with E-state index in [2.05, 4.69) is 11.1 Å². The summed E-state index contributed by atoms with van der Waals surface area (Å²) in [6.45, 7) is 0. The Hall–Kier alpha value is -1.62. The highest BCUT2D eigenvalue weighted by molar-refractivity contribution is 7.22. The van der Waals surface area contributed by atoms with Gasteiger partial charge in [-0.15, -0.1) is 0 Å². The quantitative estimate of drug-likeness (QED) is 0.862. The first-order chi connectivity index (χ1) is 8.63. The van der Waals surface area contributed by atoms with E-state index in [1.54, 1.807) is 0 Å². The molecule has 0 saturated heterocycles. The van der Waals surface area contributed by atoms with Gasteiger partial charge in [-0.3, -0.25) is 4.79 Å². The van der Waals surface area contributed by atoms with Gasteiger partial charge in [-0.1, -0.05) is 17.4 Å². The molecule has 1 aromatic carbocycles. The highest BCUT2D eigenvalue weighted by Gasteiger charge is 2.50. The standard InChI is InChI=1S/C13H14N2O2S/c1-17-11(16)13(4-5-13)7-8-2-3-9-10(6-8)18-12(14)15-9/h2-3,6H,4-5,7H2,1H3,(H2,14,15). The number of carbonyl (C=O) groups excluding carboxylic acids is 1. The molecule has 0 radical (unpaired) electrons. The molecule has 2 aromatic rings. The van der Waals surface area contributed by atoms with Crippen molar-refractivity contribution < 1.29 is 9.53 Å². The van der Waals surface area contributed by atoms with Crippen LogP contribution in [0.4, 0.5) is 5.13 Å². The number of thiazole rings is 1. The van der Waals surface area contributed by atoms with Crippen molar-refractivity contribution in [3.05, 3.63) is 23.8 Å². The Kier molecular flexibility index (Phi) is 2.52. The van der Waals surface area contributed by atoms with Gasteiger partial charge >= 0.3 is 5.97 Å². The number of rotatable bonds is 3. The Morgan fingerprint density at radius 1 is 1.56 bits per heavy atom. The van der Waals surface area contributed by atoms with Crippen LogP contribution >= 0.6 is 11.3 Å². The summed E-state index contributed by atoms with van der Waals surface area (Å²) in [6, 6.07) is 6.06. The molecule has 1 aromatic heterocycles. The monoisotopic (exact) mass is 262 g/mol. The SMILES string of the molecule is COC(=O)C1(Cc2ccc3nc(N)sc3c2)CC1. The lowest BCUT2D eigenvalue weighted by Gasteiger charge is -2.12. The number of nitrogen functional groups attached to an aromatic ring is 1. The summed E-state index contributed by atoms with van der Waals surface area (Å²) < 4.78 is 5.95. The summed E-state index contributed by atoms with van der Waals surface area (Å²) in [5.41, 5.74) is 7.47. The van der Waals surface area contributed by atoms with Crippen LogP contribution in [0.2, 0.25) is 0 Å².